The van der Waals surface area contributed by atoms with Gasteiger partial charge < -0.3 is 4.74 Å². The molecule has 32 heavy (non-hydrogen) atoms. The minimum atomic E-state index is -0.463. The molecule has 0 saturated carbocycles. The van der Waals surface area contributed by atoms with Crippen molar-refractivity contribution in [3.8, 4) is 16.9 Å². The summed E-state index contributed by atoms with van der Waals surface area (Å²) in [5.74, 6) is -0.880. The summed E-state index contributed by atoms with van der Waals surface area (Å²) in [6.45, 7) is 0.465. The molecule has 1 aromatic heterocycles. The quantitative estimate of drug-likeness (QED) is 0.460. The van der Waals surface area contributed by atoms with Crippen LogP contribution in [0.5, 0.6) is 0 Å². The van der Waals surface area contributed by atoms with E-state index in [0.717, 1.165) is 16.8 Å². The zero-order chi connectivity index (χ0) is 22.3. The third-order valence-electron chi connectivity index (χ3n) is 4.84. The van der Waals surface area contributed by atoms with Crippen LogP contribution in [0.4, 0.5) is 0 Å². The summed E-state index contributed by atoms with van der Waals surface area (Å²) in [5.41, 5.74) is 8.83. The van der Waals surface area contributed by atoms with E-state index in [0.29, 0.717) is 23.4 Å². The van der Waals surface area contributed by atoms with E-state index in [1.165, 1.54) is 0 Å². The molecule has 2 amide bonds. The van der Waals surface area contributed by atoms with Gasteiger partial charge in [-0.05, 0) is 29.8 Å². The molecule has 0 aliphatic heterocycles. The first-order chi connectivity index (χ1) is 15.7. The summed E-state index contributed by atoms with van der Waals surface area (Å²) in [6, 6.07) is 25.9. The van der Waals surface area contributed by atoms with Gasteiger partial charge in [-0.2, -0.15) is 5.10 Å². The minimum Gasteiger partial charge on any atom is -0.380 e. The number of nitrogens with zero attached hydrogens (tertiary/aromatic N) is 2. The number of hydrazine groups is 1. The predicted molar refractivity (Wildman–Crippen MR) is 121 cm³/mol. The Hall–Kier alpha value is -4.23. The number of ether oxygens (including phenoxy) is 1. The molecule has 0 spiro atoms. The van der Waals surface area contributed by atoms with Gasteiger partial charge in [-0.25, -0.2) is 4.68 Å². The highest BCUT2D eigenvalue weighted by molar-refractivity contribution is 6.02. The maximum absolute atomic E-state index is 13.0. The number of methoxy groups -OCH3 is 1. The maximum Gasteiger partial charge on any atom is 0.273 e. The summed E-state index contributed by atoms with van der Waals surface area (Å²) < 4.78 is 6.72. The number of nitrogens with one attached hydrogen (secondary N) is 2. The molecule has 0 unspecified atom stereocenters. The summed E-state index contributed by atoms with van der Waals surface area (Å²) in [4.78, 5) is 25.4. The smallest absolute Gasteiger partial charge is 0.273 e. The summed E-state index contributed by atoms with van der Waals surface area (Å²) in [5, 5.41) is 4.62. The Bertz CT molecular complexity index is 1200. The second kappa shape index (κ2) is 9.72. The number of para-hydroxylation sites is 1. The van der Waals surface area contributed by atoms with Gasteiger partial charge in [-0.3, -0.25) is 20.4 Å². The Kier molecular flexibility index (Phi) is 6.38. The van der Waals surface area contributed by atoms with E-state index in [-0.39, 0.29) is 0 Å². The number of carbonyl (C=O) groups excluding carboxylic acids is 2. The average Bonchev–Trinajstić information content (AvgIpc) is 3.30. The van der Waals surface area contributed by atoms with Crippen molar-refractivity contribution in [2.75, 3.05) is 7.11 Å². The highest BCUT2D eigenvalue weighted by Gasteiger charge is 2.19. The van der Waals surface area contributed by atoms with Crippen molar-refractivity contribution in [2.45, 2.75) is 6.61 Å². The van der Waals surface area contributed by atoms with Crippen LogP contribution in [0.1, 0.15) is 26.3 Å². The van der Waals surface area contributed by atoms with Crippen LogP contribution < -0.4 is 10.9 Å². The van der Waals surface area contributed by atoms with Gasteiger partial charge in [-0.15, -0.1) is 0 Å². The first-order valence-corrected chi connectivity index (χ1v) is 10.0. The second-order valence-corrected chi connectivity index (χ2v) is 7.08. The minimum absolute atomic E-state index is 0.343. The SMILES string of the molecule is COCc1ccc(C(=O)NNC(=O)c2cn(-c3ccccc3)nc2-c2ccccc2)cc1. The molecule has 0 radical (unpaired) electrons. The molecule has 4 aromatic rings. The Balaban J connectivity index is 1.54. The molecular weight excluding hydrogens is 404 g/mol. The first kappa shape index (κ1) is 21.0. The molecule has 0 aliphatic carbocycles. The fourth-order valence-corrected chi connectivity index (χ4v) is 3.23. The molecule has 160 valence electrons. The van der Waals surface area contributed by atoms with Gasteiger partial charge in [0.2, 0.25) is 0 Å². The molecule has 4 rings (SSSR count). The summed E-state index contributed by atoms with van der Waals surface area (Å²) in [6.07, 6.45) is 1.65. The molecule has 0 bridgehead atoms. The molecule has 2 N–H and O–H groups in total. The van der Waals surface area contributed by atoms with E-state index in [4.69, 9.17) is 4.74 Å². The van der Waals surface area contributed by atoms with Crippen LogP contribution in [0.15, 0.2) is 91.1 Å². The molecule has 7 heteroatoms. The summed E-state index contributed by atoms with van der Waals surface area (Å²) in [7, 11) is 1.61. The van der Waals surface area contributed by atoms with Crippen molar-refractivity contribution in [3.63, 3.8) is 0 Å². The van der Waals surface area contributed by atoms with E-state index in [2.05, 4.69) is 16.0 Å². The number of amides is 2. The number of carbonyl (C=O) groups is 2. The predicted octanol–water partition coefficient (Wildman–Crippen LogP) is 3.76. The van der Waals surface area contributed by atoms with Crippen LogP contribution in [0.25, 0.3) is 16.9 Å². The highest BCUT2D eigenvalue weighted by atomic mass is 16.5. The maximum atomic E-state index is 13.0. The largest absolute Gasteiger partial charge is 0.380 e. The third kappa shape index (κ3) is 4.74. The van der Waals surface area contributed by atoms with Gasteiger partial charge in [0.1, 0.15) is 5.69 Å². The molecular formula is C25H22N4O3. The lowest BCUT2D eigenvalue weighted by molar-refractivity contribution is 0.0847. The molecule has 3 aromatic carbocycles. The zero-order valence-corrected chi connectivity index (χ0v) is 17.5. The van der Waals surface area contributed by atoms with Crippen LogP contribution in [0.3, 0.4) is 0 Å². The number of hydrogen-bond donors (Lipinski definition) is 2. The Morgan fingerprint density at radius 3 is 2.12 bits per heavy atom. The van der Waals surface area contributed by atoms with Gasteiger partial charge in [0.05, 0.1) is 17.9 Å². The van der Waals surface area contributed by atoms with Crippen molar-refractivity contribution in [1.29, 1.82) is 0 Å². The highest BCUT2D eigenvalue weighted by Crippen LogP contribution is 2.23. The van der Waals surface area contributed by atoms with Crippen molar-refractivity contribution in [2.24, 2.45) is 0 Å². The van der Waals surface area contributed by atoms with Gasteiger partial charge in [0, 0.05) is 24.4 Å². The summed E-state index contributed by atoms with van der Waals surface area (Å²) >= 11 is 0. The normalized spacial score (nSPS) is 10.5. The van der Waals surface area contributed by atoms with E-state index >= 15 is 0 Å². The van der Waals surface area contributed by atoms with Crippen LogP contribution in [0, 0.1) is 0 Å². The van der Waals surface area contributed by atoms with E-state index < -0.39 is 11.8 Å². The Morgan fingerprint density at radius 2 is 1.47 bits per heavy atom. The van der Waals surface area contributed by atoms with E-state index in [1.54, 1.807) is 42.3 Å². The van der Waals surface area contributed by atoms with Crippen molar-refractivity contribution in [1.82, 2.24) is 20.6 Å². The second-order valence-electron chi connectivity index (χ2n) is 7.08. The lowest BCUT2D eigenvalue weighted by Gasteiger charge is -2.08. The van der Waals surface area contributed by atoms with Gasteiger partial charge in [-0.1, -0.05) is 60.7 Å². The van der Waals surface area contributed by atoms with Crippen LogP contribution in [-0.2, 0) is 11.3 Å². The Labute approximate surface area is 185 Å². The van der Waals surface area contributed by atoms with Crippen molar-refractivity contribution >= 4 is 11.8 Å². The fraction of sp³-hybridized carbons (Fsp3) is 0.0800. The van der Waals surface area contributed by atoms with Gasteiger partial charge >= 0.3 is 0 Å². The lowest BCUT2D eigenvalue weighted by atomic mass is 10.1. The van der Waals surface area contributed by atoms with E-state index in [9.17, 15) is 9.59 Å². The molecule has 0 atom stereocenters. The number of hydrogen-bond acceptors (Lipinski definition) is 4. The van der Waals surface area contributed by atoms with E-state index in [1.807, 2.05) is 60.7 Å². The van der Waals surface area contributed by atoms with Crippen LogP contribution in [0.2, 0.25) is 0 Å². The number of aromatic nitrogens is 2. The van der Waals surface area contributed by atoms with Gasteiger partial charge in [0.25, 0.3) is 11.8 Å². The standard InChI is InChI=1S/C25H22N4O3/c1-32-17-18-12-14-20(15-13-18)24(30)26-27-25(31)22-16-29(21-10-6-3-7-11-21)28-23(22)19-8-4-2-5-9-19/h2-16H,17H2,1H3,(H,26,30)(H,27,31). The Morgan fingerprint density at radius 1 is 0.844 bits per heavy atom. The van der Waals surface area contributed by atoms with Gasteiger partial charge in [0.15, 0.2) is 0 Å². The fourth-order valence-electron chi connectivity index (χ4n) is 3.23. The average molecular weight is 426 g/mol. The van der Waals surface area contributed by atoms with Crippen LogP contribution >= 0.6 is 0 Å². The molecule has 0 fully saturated rings. The lowest BCUT2D eigenvalue weighted by Crippen LogP contribution is -2.41. The number of benzene rings is 3. The van der Waals surface area contributed by atoms with Crippen molar-refractivity contribution in [3.05, 3.63) is 108 Å². The first-order valence-electron chi connectivity index (χ1n) is 10.0. The molecule has 1 heterocycles. The zero-order valence-electron chi connectivity index (χ0n) is 17.5. The molecule has 0 saturated heterocycles. The number of rotatable bonds is 6. The monoisotopic (exact) mass is 426 g/mol. The van der Waals surface area contributed by atoms with Crippen LogP contribution in [-0.4, -0.2) is 28.7 Å². The molecule has 7 nitrogen and oxygen atoms in total. The third-order valence-corrected chi connectivity index (χ3v) is 4.84. The molecule has 0 aliphatic rings. The topological polar surface area (TPSA) is 85.3 Å². The van der Waals surface area contributed by atoms with Crippen molar-refractivity contribution < 1.29 is 14.3 Å².